The third-order valence-electron chi connectivity index (χ3n) is 3.35. The van der Waals surface area contributed by atoms with Crippen molar-refractivity contribution in [1.82, 2.24) is 0 Å². The molecule has 0 bridgehead atoms. The minimum atomic E-state index is -0.691. The summed E-state index contributed by atoms with van der Waals surface area (Å²) >= 11 is 0. The van der Waals surface area contributed by atoms with E-state index in [2.05, 4.69) is 0 Å². The van der Waals surface area contributed by atoms with Gasteiger partial charge in [0.1, 0.15) is 23.2 Å². The van der Waals surface area contributed by atoms with Crippen molar-refractivity contribution in [2.24, 2.45) is 0 Å². The van der Waals surface area contributed by atoms with E-state index in [1.54, 1.807) is 30.3 Å². The standard InChI is InChI=1S/C18H16N2O5/c1-2-3-10-24-18(21)14(12-19)11-16-8-9-17(25-16)13-4-6-15(7-5-13)20(22)23/h4-9,11H,2-3,10H2,1H3. The maximum atomic E-state index is 11.8. The van der Waals surface area contributed by atoms with E-state index in [4.69, 9.17) is 14.4 Å². The van der Waals surface area contributed by atoms with E-state index in [0.29, 0.717) is 17.1 Å². The van der Waals surface area contributed by atoms with Crippen LogP contribution < -0.4 is 0 Å². The first kappa shape index (κ1) is 17.9. The fourth-order valence-corrected chi connectivity index (χ4v) is 2.00. The zero-order chi connectivity index (χ0) is 18.2. The van der Waals surface area contributed by atoms with Gasteiger partial charge < -0.3 is 9.15 Å². The number of benzene rings is 1. The van der Waals surface area contributed by atoms with Gasteiger partial charge in [-0.3, -0.25) is 10.1 Å². The molecule has 1 aromatic heterocycles. The van der Waals surface area contributed by atoms with Crippen LogP contribution in [0.5, 0.6) is 0 Å². The summed E-state index contributed by atoms with van der Waals surface area (Å²) < 4.78 is 10.6. The molecule has 0 aliphatic carbocycles. The van der Waals surface area contributed by atoms with Gasteiger partial charge in [0, 0.05) is 23.8 Å². The van der Waals surface area contributed by atoms with Gasteiger partial charge in [-0.1, -0.05) is 13.3 Å². The second-order valence-electron chi connectivity index (χ2n) is 5.17. The van der Waals surface area contributed by atoms with Crippen LogP contribution in [0, 0.1) is 21.4 Å². The number of ether oxygens (including phenoxy) is 1. The lowest BCUT2D eigenvalue weighted by molar-refractivity contribution is -0.384. The molecule has 0 aliphatic rings. The molecule has 0 spiro atoms. The predicted molar refractivity (Wildman–Crippen MR) is 90.3 cm³/mol. The minimum absolute atomic E-state index is 0.0167. The fraction of sp³-hybridized carbons (Fsp3) is 0.222. The summed E-state index contributed by atoms with van der Waals surface area (Å²) in [7, 11) is 0. The molecule has 2 rings (SSSR count). The number of nitro benzene ring substituents is 1. The lowest BCUT2D eigenvalue weighted by Gasteiger charge is -2.01. The number of nitrogens with zero attached hydrogens (tertiary/aromatic N) is 2. The first-order chi connectivity index (χ1) is 12.0. The maximum Gasteiger partial charge on any atom is 0.349 e. The molecule has 7 nitrogen and oxygen atoms in total. The van der Waals surface area contributed by atoms with E-state index in [0.717, 1.165) is 12.8 Å². The summed E-state index contributed by atoms with van der Waals surface area (Å²) in [6.45, 7) is 2.23. The molecule has 2 aromatic rings. The van der Waals surface area contributed by atoms with Crippen LogP contribution in [0.2, 0.25) is 0 Å². The number of hydrogen-bond donors (Lipinski definition) is 0. The smallest absolute Gasteiger partial charge is 0.349 e. The molecular formula is C18H16N2O5. The average Bonchev–Trinajstić information content (AvgIpc) is 3.08. The summed E-state index contributed by atoms with van der Waals surface area (Å²) in [6.07, 6.45) is 2.92. The van der Waals surface area contributed by atoms with Crippen LogP contribution in [0.4, 0.5) is 5.69 Å². The van der Waals surface area contributed by atoms with E-state index >= 15 is 0 Å². The number of rotatable bonds is 7. The highest BCUT2D eigenvalue weighted by Gasteiger charge is 2.13. The van der Waals surface area contributed by atoms with Crippen LogP contribution in [-0.4, -0.2) is 17.5 Å². The molecule has 0 unspecified atom stereocenters. The number of nitro groups is 1. The molecule has 0 radical (unpaired) electrons. The van der Waals surface area contributed by atoms with Gasteiger partial charge in [0.25, 0.3) is 5.69 Å². The van der Waals surface area contributed by atoms with Crippen LogP contribution in [0.25, 0.3) is 17.4 Å². The van der Waals surface area contributed by atoms with Crippen molar-refractivity contribution in [3.8, 4) is 17.4 Å². The van der Waals surface area contributed by atoms with Gasteiger partial charge in [-0.2, -0.15) is 5.26 Å². The van der Waals surface area contributed by atoms with Crippen LogP contribution in [0.3, 0.4) is 0 Å². The van der Waals surface area contributed by atoms with Gasteiger partial charge in [0.05, 0.1) is 11.5 Å². The van der Waals surface area contributed by atoms with Crippen molar-refractivity contribution in [3.63, 3.8) is 0 Å². The largest absolute Gasteiger partial charge is 0.462 e. The van der Waals surface area contributed by atoms with E-state index in [-0.39, 0.29) is 17.9 Å². The van der Waals surface area contributed by atoms with E-state index in [1.165, 1.54) is 18.2 Å². The molecule has 0 aliphatic heterocycles. The number of carbonyl (C=O) groups is 1. The topological polar surface area (TPSA) is 106 Å². The van der Waals surface area contributed by atoms with Gasteiger partial charge >= 0.3 is 5.97 Å². The van der Waals surface area contributed by atoms with Crippen molar-refractivity contribution in [2.75, 3.05) is 6.61 Å². The SMILES string of the molecule is CCCCOC(=O)C(C#N)=Cc1ccc(-c2ccc([N+](=O)[O-])cc2)o1. The van der Waals surface area contributed by atoms with Gasteiger partial charge in [0.15, 0.2) is 0 Å². The summed E-state index contributed by atoms with van der Waals surface area (Å²) in [4.78, 5) is 22.0. The van der Waals surface area contributed by atoms with Crippen LogP contribution in [0.15, 0.2) is 46.4 Å². The Labute approximate surface area is 144 Å². The van der Waals surface area contributed by atoms with Crippen molar-refractivity contribution in [2.45, 2.75) is 19.8 Å². The summed E-state index contributed by atoms with van der Waals surface area (Å²) in [5.74, 6) is 0.0966. The molecule has 1 heterocycles. The number of hydrogen-bond acceptors (Lipinski definition) is 6. The van der Waals surface area contributed by atoms with Crippen molar-refractivity contribution in [3.05, 3.63) is 57.8 Å². The predicted octanol–water partition coefficient (Wildman–Crippen LogP) is 4.11. The summed E-state index contributed by atoms with van der Waals surface area (Å²) in [6, 6.07) is 10.9. The molecule has 7 heteroatoms. The highest BCUT2D eigenvalue weighted by molar-refractivity contribution is 5.97. The zero-order valence-corrected chi connectivity index (χ0v) is 13.6. The molecule has 128 valence electrons. The quantitative estimate of drug-likeness (QED) is 0.187. The molecular weight excluding hydrogens is 324 g/mol. The van der Waals surface area contributed by atoms with Crippen LogP contribution >= 0.6 is 0 Å². The summed E-state index contributed by atoms with van der Waals surface area (Å²) in [5, 5.41) is 19.8. The number of non-ortho nitro benzene ring substituents is 1. The molecule has 25 heavy (non-hydrogen) atoms. The number of carbonyl (C=O) groups excluding carboxylic acids is 1. The number of unbranched alkanes of at least 4 members (excludes halogenated alkanes) is 1. The summed E-state index contributed by atoms with van der Waals surface area (Å²) in [5.41, 5.74) is 0.479. The number of furan rings is 1. The maximum absolute atomic E-state index is 11.8. The lowest BCUT2D eigenvalue weighted by atomic mass is 10.1. The molecule has 0 fully saturated rings. The normalized spacial score (nSPS) is 11.0. The molecule has 0 amide bonds. The van der Waals surface area contributed by atoms with E-state index in [1.807, 2.05) is 6.92 Å². The Kier molecular flexibility index (Phi) is 6.07. The number of nitriles is 1. The average molecular weight is 340 g/mol. The lowest BCUT2D eigenvalue weighted by Crippen LogP contribution is -2.07. The molecule has 0 atom stereocenters. The van der Waals surface area contributed by atoms with Crippen LogP contribution in [-0.2, 0) is 9.53 Å². The van der Waals surface area contributed by atoms with Crippen molar-refractivity contribution in [1.29, 1.82) is 5.26 Å². The second kappa shape index (κ2) is 8.45. The van der Waals surface area contributed by atoms with E-state index < -0.39 is 10.9 Å². The Morgan fingerprint density at radius 1 is 1.32 bits per heavy atom. The van der Waals surface area contributed by atoms with Crippen molar-refractivity contribution < 1.29 is 18.9 Å². The Hall–Kier alpha value is -3.40. The highest BCUT2D eigenvalue weighted by Crippen LogP contribution is 2.25. The molecule has 1 aromatic carbocycles. The fourth-order valence-electron chi connectivity index (χ4n) is 2.00. The molecule has 0 saturated heterocycles. The highest BCUT2D eigenvalue weighted by atomic mass is 16.6. The van der Waals surface area contributed by atoms with Gasteiger partial charge in [-0.25, -0.2) is 4.79 Å². The Morgan fingerprint density at radius 3 is 2.64 bits per heavy atom. The Bertz CT molecular complexity index is 828. The third kappa shape index (κ3) is 4.78. The Morgan fingerprint density at radius 2 is 2.04 bits per heavy atom. The minimum Gasteiger partial charge on any atom is -0.462 e. The zero-order valence-electron chi connectivity index (χ0n) is 13.6. The molecule has 0 saturated carbocycles. The number of esters is 1. The van der Waals surface area contributed by atoms with Gasteiger partial charge in [0.2, 0.25) is 0 Å². The second-order valence-corrected chi connectivity index (χ2v) is 5.17. The van der Waals surface area contributed by atoms with Crippen LogP contribution in [0.1, 0.15) is 25.5 Å². The third-order valence-corrected chi connectivity index (χ3v) is 3.35. The van der Waals surface area contributed by atoms with E-state index in [9.17, 15) is 14.9 Å². The van der Waals surface area contributed by atoms with Gasteiger partial charge in [-0.15, -0.1) is 0 Å². The Balaban J connectivity index is 2.15. The molecule has 0 N–H and O–H groups in total. The first-order valence-electron chi connectivity index (χ1n) is 7.68. The first-order valence-corrected chi connectivity index (χ1v) is 7.68. The van der Waals surface area contributed by atoms with Gasteiger partial charge in [-0.05, 0) is 30.7 Å². The van der Waals surface area contributed by atoms with Crippen molar-refractivity contribution >= 4 is 17.7 Å². The monoisotopic (exact) mass is 340 g/mol.